The van der Waals surface area contributed by atoms with E-state index >= 15 is 0 Å². The first-order chi connectivity index (χ1) is 6.86. The van der Waals surface area contributed by atoms with Crippen molar-refractivity contribution < 1.29 is 0 Å². The highest BCUT2D eigenvalue weighted by Gasteiger charge is 2.17. The standard InChI is InChI=1S/C12H18N2/c1-10(12-5-7-13-8-6-12)14-9-11-3-2-4-11/h5-8,10-11,14H,2-4,9H2,1H3/t10-/m0/s1. The smallest absolute Gasteiger partial charge is 0.0293 e. The second kappa shape index (κ2) is 4.56. The van der Waals surface area contributed by atoms with Gasteiger partial charge in [0.15, 0.2) is 0 Å². The Balaban J connectivity index is 1.80. The molecule has 1 aromatic heterocycles. The molecule has 0 aliphatic heterocycles. The van der Waals surface area contributed by atoms with Gasteiger partial charge in [0.1, 0.15) is 0 Å². The molecule has 1 atom stereocenters. The molecule has 1 aliphatic rings. The quantitative estimate of drug-likeness (QED) is 0.789. The monoisotopic (exact) mass is 190 g/mol. The summed E-state index contributed by atoms with van der Waals surface area (Å²) in [5, 5.41) is 3.57. The second-order valence-electron chi connectivity index (χ2n) is 4.21. The maximum atomic E-state index is 4.02. The molecule has 0 amide bonds. The van der Waals surface area contributed by atoms with Gasteiger partial charge in [-0.2, -0.15) is 0 Å². The minimum atomic E-state index is 0.457. The Morgan fingerprint density at radius 3 is 2.71 bits per heavy atom. The summed E-state index contributed by atoms with van der Waals surface area (Å²) >= 11 is 0. The van der Waals surface area contributed by atoms with Gasteiger partial charge in [-0.25, -0.2) is 0 Å². The van der Waals surface area contributed by atoms with Crippen LogP contribution >= 0.6 is 0 Å². The van der Waals surface area contributed by atoms with Crippen molar-refractivity contribution in [3.63, 3.8) is 0 Å². The SMILES string of the molecule is C[C@H](NCC1CCC1)c1ccncc1. The van der Waals surface area contributed by atoms with Crippen LogP contribution in [0.1, 0.15) is 37.8 Å². The molecule has 2 heteroatoms. The Bertz CT molecular complexity index is 267. The summed E-state index contributed by atoms with van der Waals surface area (Å²) < 4.78 is 0. The van der Waals surface area contributed by atoms with Gasteiger partial charge in [0, 0.05) is 18.4 Å². The molecule has 0 radical (unpaired) electrons. The van der Waals surface area contributed by atoms with Crippen LogP contribution in [0.15, 0.2) is 24.5 Å². The molecular formula is C12H18N2. The predicted molar refractivity (Wildman–Crippen MR) is 58.0 cm³/mol. The summed E-state index contributed by atoms with van der Waals surface area (Å²) in [5.41, 5.74) is 1.33. The number of nitrogens with one attached hydrogen (secondary N) is 1. The summed E-state index contributed by atoms with van der Waals surface area (Å²) in [6.07, 6.45) is 7.97. The lowest BCUT2D eigenvalue weighted by atomic mass is 9.85. The molecule has 0 aromatic carbocycles. The van der Waals surface area contributed by atoms with Crippen LogP contribution in [0, 0.1) is 5.92 Å². The zero-order valence-electron chi connectivity index (χ0n) is 8.74. The first-order valence-corrected chi connectivity index (χ1v) is 5.49. The summed E-state index contributed by atoms with van der Waals surface area (Å²) in [6, 6.07) is 4.62. The lowest BCUT2D eigenvalue weighted by molar-refractivity contribution is 0.292. The first-order valence-electron chi connectivity index (χ1n) is 5.49. The van der Waals surface area contributed by atoms with E-state index in [4.69, 9.17) is 0 Å². The normalized spacial score (nSPS) is 18.9. The predicted octanol–water partition coefficient (Wildman–Crippen LogP) is 2.53. The van der Waals surface area contributed by atoms with Crippen molar-refractivity contribution >= 4 is 0 Å². The van der Waals surface area contributed by atoms with E-state index in [1.807, 2.05) is 12.4 Å². The zero-order valence-corrected chi connectivity index (χ0v) is 8.74. The van der Waals surface area contributed by atoms with Gasteiger partial charge in [0.2, 0.25) is 0 Å². The zero-order chi connectivity index (χ0) is 9.80. The largest absolute Gasteiger partial charge is 0.310 e. The Labute approximate surface area is 85.7 Å². The third-order valence-electron chi connectivity index (χ3n) is 3.14. The Hall–Kier alpha value is -0.890. The van der Waals surface area contributed by atoms with Crippen LogP contribution in [0.5, 0.6) is 0 Å². The van der Waals surface area contributed by atoms with E-state index in [0.29, 0.717) is 6.04 Å². The van der Waals surface area contributed by atoms with Crippen LogP contribution in [0.25, 0.3) is 0 Å². The summed E-state index contributed by atoms with van der Waals surface area (Å²) in [5.74, 6) is 0.930. The highest BCUT2D eigenvalue weighted by Crippen LogP contribution is 2.26. The first kappa shape index (κ1) is 9.66. The van der Waals surface area contributed by atoms with Crippen molar-refractivity contribution in [2.45, 2.75) is 32.2 Å². The van der Waals surface area contributed by atoms with E-state index in [2.05, 4.69) is 29.4 Å². The molecule has 1 heterocycles. The summed E-state index contributed by atoms with van der Waals surface area (Å²) in [7, 11) is 0. The maximum Gasteiger partial charge on any atom is 0.0293 e. The Kier molecular flexibility index (Phi) is 3.14. The molecule has 14 heavy (non-hydrogen) atoms. The number of hydrogen-bond acceptors (Lipinski definition) is 2. The fourth-order valence-corrected chi connectivity index (χ4v) is 1.81. The Morgan fingerprint density at radius 1 is 1.43 bits per heavy atom. The average Bonchev–Trinajstić information content (AvgIpc) is 2.16. The van der Waals surface area contributed by atoms with Crippen molar-refractivity contribution in [2.75, 3.05) is 6.54 Å². The molecule has 1 fully saturated rings. The number of rotatable bonds is 4. The van der Waals surface area contributed by atoms with Crippen LogP contribution in [0.4, 0.5) is 0 Å². The molecule has 0 saturated heterocycles. The van der Waals surface area contributed by atoms with Crippen molar-refractivity contribution in [3.05, 3.63) is 30.1 Å². The molecular weight excluding hydrogens is 172 g/mol. The van der Waals surface area contributed by atoms with Gasteiger partial charge in [-0.3, -0.25) is 4.98 Å². The number of hydrogen-bond donors (Lipinski definition) is 1. The molecule has 1 saturated carbocycles. The van der Waals surface area contributed by atoms with Gasteiger partial charge < -0.3 is 5.32 Å². The fraction of sp³-hybridized carbons (Fsp3) is 0.583. The Morgan fingerprint density at radius 2 is 2.14 bits per heavy atom. The van der Waals surface area contributed by atoms with E-state index < -0.39 is 0 Å². The lowest BCUT2D eigenvalue weighted by Crippen LogP contribution is -2.29. The topological polar surface area (TPSA) is 24.9 Å². The molecule has 0 unspecified atom stereocenters. The van der Waals surface area contributed by atoms with Crippen molar-refractivity contribution in [2.24, 2.45) is 5.92 Å². The maximum absolute atomic E-state index is 4.02. The van der Waals surface area contributed by atoms with Crippen molar-refractivity contribution in [3.8, 4) is 0 Å². The highest BCUT2D eigenvalue weighted by atomic mass is 14.9. The molecule has 1 N–H and O–H groups in total. The lowest BCUT2D eigenvalue weighted by Gasteiger charge is -2.27. The van der Waals surface area contributed by atoms with Gasteiger partial charge in [-0.05, 0) is 49.9 Å². The van der Waals surface area contributed by atoms with Crippen LogP contribution in [0.3, 0.4) is 0 Å². The van der Waals surface area contributed by atoms with E-state index in [9.17, 15) is 0 Å². The molecule has 0 spiro atoms. The molecule has 2 nitrogen and oxygen atoms in total. The van der Waals surface area contributed by atoms with Gasteiger partial charge in [-0.1, -0.05) is 6.42 Å². The number of aromatic nitrogens is 1. The summed E-state index contributed by atoms with van der Waals surface area (Å²) in [6.45, 7) is 3.39. The number of nitrogens with zero attached hydrogens (tertiary/aromatic N) is 1. The van der Waals surface area contributed by atoms with Crippen molar-refractivity contribution in [1.29, 1.82) is 0 Å². The minimum absolute atomic E-state index is 0.457. The van der Waals surface area contributed by atoms with E-state index in [0.717, 1.165) is 5.92 Å². The molecule has 1 aromatic rings. The van der Waals surface area contributed by atoms with Gasteiger partial charge in [0.05, 0.1) is 0 Å². The van der Waals surface area contributed by atoms with Gasteiger partial charge >= 0.3 is 0 Å². The van der Waals surface area contributed by atoms with Crippen LogP contribution in [-0.2, 0) is 0 Å². The van der Waals surface area contributed by atoms with E-state index in [1.165, 1.54) is 31.4 Å². The molecule has 76 valence electrons. The minimum Gasteiger partial charge on any atom is -0.310 e. The average molecular weight is 190 g/mol. The van der Waals surface area contributed by atoms with Crippen LogP contribution < -0.4 is 5.32 Å². The summed E-state index contributed by atoms with van der Waals surface area (Å²) in [4.78, 5) is 4.02. The van der Waals surface area contributed by atoms with Gasteiger partial charge in [-0.15, -0.1) is 0 Å². The van der Waals surface area contributed by atoms with E-state index in [1.54, 1.807) is 0 Å². The third-order valence-corrected chi connectivity index (χ3v) is 3.14. The third kappa shape index (κ3) is 2.32. The number of pyridine rings is 1. The van der Waals surface area contributed by atoms with Crippen molar-refractivity contribution in [1.82, 2.24) is 10.3 Å². The fourth-order valence-electron chi connectivity index (χ4n) is 1.81. The highest BCUT2D eigenvalue weighted by molar-refractivity contribution is 5.13. The van der Waals surface area contributed by atoms with E-state index in [-0.39, 0.29) is 0 Å². The van der Waals surface area contributed by atoms with Gasteiger partial charge in [0.25, 0.3) is 0 Å². The molecule has 2 rings (SSSR count). The van der Waals surface area contributed by atoms with Crippen LogP contribution in [0.2, 0.25) is 0 Å². The molecule has 1 aliphatic carbocycles. The molecule has 0 bridgehead atoms. The second-order valence-corrected chi connectivity index (χ2v) is 4.21. The van der Waals surface area contributed by atoms with Crippen LogP contribution in [-0.4, -0.2) is 11.5 Å².